The summed E-state index contributed by atoms with van der Waals surface area (Å²) in [7, 11) is 0. The average molecular weight is 447 g/mol. The summed E-state index contributed by atoms with van der Waals surface area (Å²) in [6.07, 6.45) is 7.63. The molecule has 3 aromatic carbocycles. The summed E-state index contributed by atoms with van der Waals surface area (Å²) in [6, 6.07) is 24.6. The van der Waals surface area contributed by atoms with Crippen molar-refractivity contribution in [2.24, 2.45) is 0 Å². The third kappa shape index (κ3) is 2.20. The average Bonchev–Trinajstić information content (AvgIpc) is 3.57. The molecule has 0 unspecified atom stereocenters. The van der Waals surface area contributed by atoms with Gasteiger partial charge in [0.05, 0.1) is 11.0 Å². The van der Waals surface area contributed by atoms with E-state index in [1.807, 2.05) is 24.7 Å². The van der Waals surface area contributed by atoms with Gasteiger partial charge in [-0.1, -0.05) is 24.3 Å². The van der Waals surface area contributed by atoms with Gasteiger partial charge in [-0.3, -0.25) is 9.38 Å². The zero-order chi connectivity index (χ0) is 22.7. The first kappa shape index (κ1) is 17.8. The molecule has 0 atom stereocenters. The van der Waals surface area contributed by atoms with Gasteiger partial charge in [-0.25, -0.2) is 9.97 Å². The van der Waals surface area contributed by atoms with E-state index in [0.717, 1.165) is 45.9 Å². The summed E-state index contributed by atoms with van der Waals surface area (Å²) in [5.41, 5.74) is 15.0. The molecule has 4 heterocycles. The summed E-state index contributed by atoms with van der Waals surface area (Å²) >= 11 is 0. The molecule has 162 valence electrons. The molecule has 4 nitrogen and oxygen atoms in total. The van der Waals surface area contributed by atoms with E-state index in [1.165, 1.54) is 49.9 Å². The first-order valence-electron chi connectivity index (χ1n) is 12.0. The second-order valence-corrected chi connectivity index (χ2v) is 9.74. The van der Waals surface area contributed by atoms with Crippen LogP contribution in [0.4, 0.5) is 0 Å². The van der Waals surface area contributed by atoms with Crippen molar-refractivity contribution in [3.63, 3.8) is 0 Å². The molecule has 4 heteroatoms. The zero-order valence-electron chi connectivity index (χ0n) is 18.8. The number of imidazole rings is 1. The van der Waals surface area contributed by atoms with Gasteiger partial charge in [0.25, 0.3) is 0 Å². The highest BCUT2D eigenvalue weighted by atomic mass is 15.1. The lowest BCUT2D eigenvalue weighted by atomic mass is 9.96. The van der Waals surface area contributed by atoms with Crippen LogP contribution >= 0.6 is 0 Å². The SMILES string of the molecule is c1ccc2c(c1)Cc1cc3c(cc1-2)Cc1cc2c4cnccc4n4c5cccnc5nc4c2cc1-3. The quantitative estimate of drug-likeness (QED) is 0.243. The fraction of sp³-hybridized carbons (Fsp3) is 0.0645. The Hall–Kier alpha value is -4.57. The van der Waals surface area contributed by atoms with Crippen molar-refractivity contribution in [1.29, 1.82) is 0 Å². The summed E-state index contributed by atoms with van der Waals surface area (Å²) in [6.45, 7) is 0. The van der Waals surface area contributed by atoms with Crippen LogP contribution in [0.3, 0.4) is 0 Å². The predicted molar refractivity (Wildman–Crippen MR) is 140 cm³/mol. The molecule has 9 rings (SSSR count). The Balaban J connectivity index is 1.37. The second kappa shape index (κ2) is 6.10. The zero-order valence-corrected chi connectivity index (χ0v) is 18.8. The molecule has 4 aromatic heterocycles. The van der Waals surface area contributed by atoms with Gasteiger partial charge in [0.1, 0.15) is 5.65 Å². The van der Waals surface area contributed by atoms with Crippen LogP contribution in [-0.2, 0) is 12.8 Å². The smallest absolute Gasteiger partial charge is 0.178 e. The van der Waals surface area contributed by atoms with Gasteiger partial charge < -0.3 is 0 Å². The minimum atomic E-state index is 0.773. The van der Waals surface area contributed by atoms with Crippen LogP contribution in [0.5, 0.6) is 0 Å². The van der Waals surface area contributed by atoms with Gasteiger partial charge in [-0.2, -0.15) is 0 Å². The molecule has 0 N–H and O–H groups in total. The highest BCUT2D eigenvalue weighted by Gasteiger charge is 2.26. The van der Waals surface area contributed by atoms with Crippen LogP contribution in [-0.4, -0.2) is 19.4 Å². The molecule has 0 amide bonds. The van der Waals surface area contributed by atoms with E-state index in [-0.39, 0.29) is 0 Å². The lowest BCUT2D eigenvalue weighted by molar-refractivity contribution is 1.24. The standard InChI is InChI=1S/C31H18N4/c1-2-5-21-17(4-1)10-18-13-23-19(12-22(18)21)11-20-14-25-26(15-24(20)23)31-34-30-29(6-3-8-33-30)35(31)28-7-9-32-16-27(25)28/h1-9,12-16H,10-11H2. The van der Waals surface area contributed by atoms with E-state index in [2.05, 4.69) is 75.0 Å². The Kier molecular flexibility index (Phi) is 3.11. The van der Waals surface area contributed by atoms with Crippen molar-refractivity contribution in [2.75, 3.05) is 0 Å². The maximum Gasteiger partial charge on any atom is 0.178 e. The Bertz CT molecular complexity index is 2070. The molecule has 2 aliphatic carbocycles. The van der Waals surface area contributed by atoms with E-state index in [9.17, 15) is 0 Å². The molecule has 0 aliphatic heterocycles. The van der Waals surface area contributed by atoms with Gasteiger partial charge in [-0.05, 0) is 105 Å². The van der Waals surface area contributed by atoms with E-state index in [0.29, 0.717) is 0 Å². The summed E-state index contributed by atoms with van der Waals surface area (Å²) in [4.78, 5) is 14.0. The third-order valence-corrected chi connectivity index (χ3v) is 7.93. The van der Waals surface area contributed by atoms with Crippen molar-refractivity contribution in [2.45, 2.75) is 12.8 Å². The van der Waals surface area contributed by atoms with Crippen LogP contribution < -0.4 is 0 Å². The number of benzene rings is 3. The number of hydrogen-bond donors (Lipinski definition) is 0. The molecule has 0 fully saturated rings. The molecular formula is C31H18N4. The Morgan fingerprint density at radius 2 is 1.40 bits per heavy atom. The number of fused-ring (bicyclic) bond motifs is 14. The van der Waals surface area contributed by atoms with Crippen LogP contribution in [0, 0.1) is 0 Å². The summed E-state index contributed by atoms with van der Waals surface area (Å²) < 4.78 is 2.24. The first-order valence-corrected chi connectivity index (χ1v) is 12.0. The van der Waals surface area contributed by atoms with Gasteiger partial charge >= 0.3 is 0 Å². The number of aromatic nitrogens is 4. The Labute approximate surface area is 200 Å². The lowest BCUT2D eigenvalue weighted by Crippen LogP contribution is -1.93. The topological polar surface area (TPSA) is 43.1 Å². The van der Waals surface area contributed by atoms with Crippen molar-refractivity contribution in [1.82, 2.24) is 19.4 Å². The molecule has 0 bridgehead atoms. The van der Waals surface area contributed by atoms with Gasteiger partial charge in [0, 0.05) is 29.4 Å². The van der Waals surface area contributed by atoms with Gasteiger partial charge in [0.2, 0.25) is 0 Å². The number of pyridine rings is 3. The predicted octanol–water partition coefficient (Wildman–Crippen LogP) is 6.73. The minimum Gasteiger partial charge on any atom is -0.290 e. The minimum absolute atomic E-state index is 0.773. The molecular weight excluding hydrogens is 428 g/mol. The first-order chi connectivity index (χ1) is 17.3. The van der Waals surface area contributed by atoms with Crippen molar-refractivity contribution in [3.8, 4) is 22.3 Å². The molecule has 7 aromatic rings. The lowest BCUT2D eigenvalue weighted by Gasteiger charge is -2.11. The van der Waals surface area contributed by atoms with Crippen LogP contribution in [0.15, 0.2) is 85.3 Å². The van der Waals surface area contributed by atoms with E-state index in [1.54, 1.807) is 0 Å². The van der Waals surface area contributed by atoms with E-state index >= 15 is 0 Å². The Morgan fingerprint density at radius 3 is 2.34 bits per heavy atom. The summed E-state index contributed by atoms with van der Waals surface area (Å²) in [5.74, 6) is 0. The van der Waals surface area contributed by atoms with Gasteiger partial charge in [0.15, 0.2) is 5.65 Å². The van der Waals surface area contributed by atoms with Crippen molar-refractivity contribution in [3.05, 3.63) is 108 Å². The number of hydrogen-bond acceptors (Lipinski definition) is 3. The summed E-state index contributed by atoms with van der Waals surface area (Å²) in [5, 5.41) is 3.51. The van der Waals surface area contributed by atoms with Gasteiger partial charge in [-0.15, -0.1) is 0 Å². The monoisotopic (exact) mass is 446 g/mol. The van der Waals surface area contributed by atoms with E-state index < -0.39 is 0 Å². The number of nitrogens with zero attached hydrogens (tertiary/aromatic N) is 4. The van der Waals surface area contributed by atoms with Crippen molar-refractivity contribution < 1.29 is 0 Å². The van der Waals surface area contributed by atoms with Crippen molar-refractivity contribution >= 4 is 38.5 Å². The molecule has 0 radical (unpaired) electrons. The van der Waals surface area contributed by atoms with E-state index in [4.69, 9.17) is 4.98 Å². The normalized spacial score (nSPS) is 13.5. The number of rotatable bonds is 0. The molecule has 0 saturated heterocycles. The fourth-order valence-electron chi connectivity index (χ4n) is 6.41. The highest BCUT2D eigenvalue weighted by molar-refractivity contribution is 6.15. The second-order valence-electron chi connectivity index (χ2n) is 9.74. The maximum atomic E-state index is 4.99. The van der Waals surface area contributed by atoms with Crippen LogP contribution in [0.2, 0.25) is 0 Å². The Morgan fingerprint density at radius 1 is 0.600 bits per heavy atom. The largest absolute Gasteiger partial charge is 0.290 e. The van der Waals surface area contributed by atoms with Crippen LogP contribution in [0.25, 0.3) is 60.7 Å². The molecule has 35 heavy (non-hydrogen) atoms. The molecule has 0 spiro atoms. The fourth-order valence-corrected chi connectivity index (χ4v) is 6.41. The maximum absolute atomic E-state index is 4.99. The molecule has 2 aliphatic rings. The van der Waals surface area contributed by atoms with Crippen LogP contribution in [0.1, 0.15) is 22.3 Å². The highest BCUT2D eigenvalue weighted by Crippen LogP contribution is 2.46. The third-order valence-electron chi connectivity index (χ3n) is 7.93. The molecule has 0 saturated carbocycles.